The molecule has 2 N–H and O–H groups in total. The predicted molar refractivity (Wildman–Crippen MR) is 124 cm³/mol. The van der Waals surface area contributed by atoms with Gasteiger partial charge in [0.05, 0.1) is 13.1 Å². The molecule has 30 heavy (non-hydrogen) atoms. The van der Waals surface area contributed by atoms with Crippen molar-refractivity contribution in [3.8, 4) is 0 Å². The Bertz CT molecular complexity index is 877. The minimum Gasteiger partial charge on any atom is -0.325 e. The number of carbonyl (C=O) groups excluding carboxylic acids is 2. The van der Waals surface area contributed by atoms with Crippen LogP contribution in [0.4, 0.5) is 11.4 Å². The molecule has 0 spiro atoms. The van der Waals surface area contributed by atoms with Crippen molar-refractivity contribution < 1.29 is 9.59 Å². The highest BCUT2D eigenvalue weighted by Gasteiger charge is 2.21. The van der Waals surface area contributed by atoms with Gasteiger partial charge in [-0.1, -0.05) is 12.1 Å². The molecule has 1 saturated heterocycles. The lowest BCUT2D eigenvalue weighted by Crippen LogP contribution is -2.50. The summed E-state index contributed by atoms with van der Waals surface area (Å²) in [6.45, 7) is 7.89. The van der Waals surface area contributed by atoms with E-state index in [0.717, 1.165) is 43.1 Å². The number of amides is 2. The molecule has 2 aromatic rings. The Morgan fingerprint density at radius 3 is 2.00 bits per heavy atom. The van der Waals surface area contributed by atoms with Crippen LogP contribution in [0.1, 0.15) is 11.1 Å². The number of rotatable bonds is 7. The second-order valence-electron chi connectivity index (χ2n) is 7.62. The molecule has 6 nitrogen and oxygen atoms in total. The molecule has 0 saturated carbocycles. The Hall–Kier alpha value is -2.35. The van der Waals surface area contributed by atoms with Gasteiger partial charge < -0.3 is 10.6 Å². The van der Waals surface area contributed by atoms with E-state index in [4.69, 9.17) is 0 Å². The molecular formula is C23H30N4O2S. The Kier molecular flexibility index (Phi) is 7.90. The molecule has 0 atom stereocenters. The first-order valence-corrected chi connectivity index (χ1v) is 11.4. The highest BCUT2D eigenvalue weighted by molar-refractivity contribution is 7.98. The average Bonchev–Trinajstić information content (AvgIpc) is 2.73. The second-order valence-corrected chi connectivity index (χ2v) is 8.50. The second kappa shape index (κ2) is 10.6. The van der Waals surface area contributed by atoms with Gasteiger partial charge >= 0.3 is 0 Å². The van der Waals surface area contributed by atoms with Gasteiger partial charge in [-0.05, 0) is 61.6 Å². The van der Waals surface area contributed by atoms with Crippen molar-refractivity contribution in [2.24, 2.45) is 0 Å². The largest absolute Gasteiger partial charge is 0.325 e. The fraction of sp³-hybridized carbons (Fsp3) is 0.391. The third-order valence-electron chi connectivity index (χ3n) is 5.45. The van der Waals surface area contributed by atoms with Crippen molar-refractivity contribution in [1.29, 1.82) is 0 Å². The minimum absolute atomic E-state index is 0.00332. The maximum absolute atomic E-state index is 12.4. The van der Waals surface area contributed by atoms with E-state index >= 15 is 0 Å². The van der Waals surface area contributed by atoms with Gasteiger partial charge in [-0.15, -0.1) is 11.8 Å². The number of nitrogens with one attached hydrogen (secondary N) is 2. The van der Waals surface area contributed by atoms with E-state index in [-0.39, 0.29) is 11.8 Å². The van der Waals surface area contributed by atoms with Crippen LogP contribution < -0.4 is 10.6 Å². The number of aryl methyl sites for hydroxylation is 1. The highest BCUT2D eigenvalue weighted by atomic mass is 32.2. The first-order chi connectivity index (χ1) is 14.4. The Morgan fingerprint density at radius 2 is 1.43 bits per heavy atom. The van der Waals surface area contributed by atoms with Gasteiger partial charge in [-0.3, -0.25) is 19.4 Å². The Morgan fingerprint density at radius 1 is 0.867 bits per heavy atom. The van der Waals surface area contributed by atoms with E-state index in [1.54, 1.807) is 11.8 Å². The van der Waals surface area contributed by atoms with E-state index < -0.39 is 0 Å². The summed E-state index contributed by atoms with van der Waals surface area (Å²) in [6, 6.07) is 13.8. The maximum Gasteiger partial charge on any atom is 0.238 e. The molecule has 160 valence electrons. The normalized spacial score (nSPS) is 15.0. The molecule has 0 unspecified atom stereocenters. The minimum atomic E-state index is -0.00647. The van der Waals surface area contributed by atoms with E-state index in [0.29, 0.717) is 13.1 Å². The summed E-state index contributed by atoms with van der Waals surface area (Å²) in [5, 5.41) is 5.97. The smallest absolute Gasteiger partial charge is 0.238 e. The summed E-state index contributed by atoms with van der Waals surface area (Å²) >= 11 is 1.68. The SMILES string of the molecule is CSc1ccc(NC(=O)CN2CCN(CC(=O)Nc3cccc(C)c3C)CC2)cc1. The van der Waals surface area contributed by atoms with Crippen LogP contribution in [-0.2, 0) is 9.59 Å². The number of carbonyl (C=O) groups is 2. The monoisotopic (exact) mass is 426 g/mol. The number of thioether (sulfide) groups is 1. The molecular weight excluding hydrogens is 396 g/mol. The van der Waals surface area contributed by atoms with Gasteiger partial charge in [0.1, 0.15) is 0 Å². The van der Waals surface area contributed by atoms with Crippen molar-refractivity contribution in [3.05, 3.63) is 53.6 Å². The molecule has 1 aliphatic rings. The van der Waals surface area contributed by atoms with Crippen molar-refractivity contribution >= 4 is 35.0 Å². The number of anilines is 2. The molecule has 0 radical (unpaired) electrons. The topological polar surface area (TPSA) is 64.7 Å². The molecule has 0 aromatic heterocycles. The quantitative estimate of drug-likeness (QED) is 0.666. The van der Waals surface area contributed by atoms with E-state index in [2.05, 4.69) is 20.4 Å². The number of benzene rings is 2. The zero-order chi connectivity index (χ0) is 21.5. The van der Waals surface area contributed by atoms with Crippen molar-refractivity contribution in [2.75, 3.05) is 56.2 Å². The first-order valence-electron chi connectivity index (χ1n) is 10.2. The summed E-state index contributed by atoms with van der Waals surface area (Å²) in [7, 11) is 0. The van der Waals surface area contributed by atoms with Gasteiger partial charge in [-0.25, -0.2) is 0 Å². The van der Waals surface area contributed by atoms with Crippen LogP contribution in [0.25, 0.3) is 0 Å². The lowest BCUT2D eigenvalue weighted by atomic mass is 10.1. The van der Waals surface area contributed by atoms with Crippen molar-refractivity contribution in [1.82, 2.24) is 9.80 Å². The summed E-state index contributed by atoms with van der Waals surface area (Å²) in [4.78, 5) is 30.2. The number of hydrogen-bond acceptors (Lipinski definition) is 5. The van der Waals surface area contributed by atoms with Gasteiger partial charge in [0.15, 0.2) is 0 Å². The fourth-order valence-corrected chi connectivity index (χ4v) is 3.87. The van der Waals surface area contributed by atoms with Crippen molar-refractivity contribution in [3.63, 3.8) is 0 Å². The van der Waals surface area contributed by atoms with Crippen LogP contribution in [-0.4, -0.2) is 67.1 Å². The molecule has 3 rings (SSSR count). The zero-order valence-corrected chi connectivity index (χ0v) is 18.7. The number of piperazine rings is 1. The molecule has 0 bridgehead atoms. The van der Waals surface area contributed by atoms with Crippen LogP contribution >= 0.6 is 11.8 Å². The molecule has 0 aliphatic carbocycles. The summed E-state index contributed by atoms with van der Waals surface area (Å²) in [5.41, 5.74) is 3.96. The van der Waals surface area contributed by atoms with Crippen molar-refractivity contribution in [2.45, 2.75) is 18.7 Å². The van der Waals surface area contributed by atoms with Crippen LogP contribution in [0.2, 0.25) is 0 Å². The third-order valence-corrected chi connectivity index (χ3v) is 6.20. The fourth-order valence-electron chi connectivity index (χ4n) is 3.46. The Labute approximate surface area is 183 Å². The first kappa shape index (κ1) is 22.3. The number of nitrogens with zero attached hydrogens (tertiary/aromatic N) is 2. The van der Waals surface area contributed by atoms with Crippen LogP contribution in [0.5, 0.6) is 0 Å². The zero-order valence-electron chi connectivity index (χ0n) is 17.9. The average molecular weight is 427 g/mol. The predicted octanol–water partition coefficient (Wildman–Crippen LogP) is 3.22. The summed E-state index contributed by atoms with van der Waals surface area (Å²) < 4.78 is 0. The third kappa shape index (κ3) is 6.32. The standard InChI is InChI=1S/C23H30N4O2S/c1-17-5-4-6-21(18(17)2)25-23(29)16-27-13-11-26(12-14-27)15-22(28)24-19-7-9-20(30-3)10-8-19/h4-10H,11-16H2,1-3H3,(H,24,28)(H,25,29). The molecule has 7 heteroatoms. The van der Waals surface area contributed by atoms with Crippen LogP contribution in [0.15, 0.2) is 47.4 Å². The lowest BCUT2D eigenvalue weighted by Gasteiger charge is -2.33. The van der Waals surface area contributed by atoms with Crippen LogP contribution in [0, 0.1) is 13.8 Å². The van der Waals surface area contributed by atoms with E-state index in [9.17, 15) is 9.59 Å². The molecule has 2 aromatic carbocycles. The number of hydrogen-bond donors (Lipinski definition) is 2. The molecule has 2 amide bonds. The Balaban J connectivity index is 1.40. The van der Waals surface area contributed by atoms with E-state index in [1.807, 2.05) is 62.6 Å². The maximum atomic E-state index is 12.4. The molecule has 1 fully saturated rings. The van der Waals surface area contributed by atoms with Gasteiger partial charge in [-0.2, -0.15) is 0 Å². The highest BCUT2D eigenvalue weighted by Crippen LogP contribution is 2.18. The molecule has 1 aliphatic heterocycles. The van der Waals surface area contributed by atoms with E-state index in [1.165, 1.54) is 10.5 Å². The van der Waals surface area contributed by atoms with Crippen LogP contribution in [0.3, 0.4) is 0 Å². The lowest BCUT2D eigenvalue weighted by molar-refractivity contribution is -0.120. The molecule has 1 heterocycles. The van der Waals surface area contributed by atoms with Gasteiger partial charge in [0.25, 0.3) is 0 Å². The summed E-state index contributed by atoms with van der Waals surface area (Å²) in [6.07, 6.45) is 2.03. The van der Waals surface area contributed by atoms with Gasteiger partial charge in [0.2, 0.25) is 11.8 Å². The summed E-state index contributed by atoms with van der Waals surface area (Å²) in [5.74, 6) is -0.00315. The van der Waals surface area contributed by atoms with Gasteiger partial charge in [0, 0.05) is 42.4 Å².